The van der Waals surface area contributed by atoms with E-state index in [0.717, 1.165) is 25.2 Å². The second-order valence-corrected chi connectivity index (χ2v) is 3.61. The van der Waals surface area contributed by atoms with E-state index in [1.807, 2.05) is 12.1 Å². The molecule has 3 N–H and O–H groups in total. The van der Waals surface area contributed by atoms with Gasteiger partial charge in [0.25, 0.3) is 0 Å². The zero-order valence-corrected chi connectivity index (χ0v) is 10.0. The number of hydrogen-bond donors (Lipinski definition) is 3. The molecule has 5 heteroatoms. The van der Waals surface area contributed by atoms with Crippen molar-refractivity contribution >= 4 is 12.4 Å². The van der Waals surface area contributed by atoms with Crippen molar-refractivity contribution in [3.63, 3.8) is 0 Å². The van der Waals surface area contributed by atoms with E-state index in [1.165, 1.54) is 0 Å². The predicted octanol–water partition coefficient (Wildman–Crippen LogP) is 1.06. The van der Waals surface area contributed by atoms with Gasteiger partial charge in [-0.1, -0.05) is 12.1 Å². The summed E-state index contributed by atoms with van der Waals surface area (Å²) >= 11 is 0. The minimum atomic E-state index is 0. The highest BCUT2D eigenvalue weighted by Crippen LogP contribution is 2.33. The molecule has 90 valence electrons. The molecular formula is C11H17ClN2O2. The maximum Gasteiger partial charge on any atom is 0.162 e. The number of aromatic hydroxyl groups is 1. The van der Waals surface area contributed by atoms with Crippen molar-refractivity contribution in [3.05, 3.63) is 23.8 Å². The van der Waals surface area contributed by atoms with Crippen LogP contribution in [0.3, 0.4) is 0 Å². The molecule has 0 aliphatic carbocycles. The Labute approximate surface area is 101 Å². The number of methoxy groups -OCH3 is 1. The number of benzene rings is 1. The van der Waals surface area contributed by atoms with Crippen LogP contribution >= 0.6 is 12.4 Å². The van der Waals surface area contributed by atoms with E-state index in [1.54, 1.807) is 13.2 Å². The highest BCUT2D eigenvalue weighted by Gasteiger charge is 2.19. The van der Waals surface area contributed by atoms with Crippen LogP contribution in [-0.4, -0.2) is 31.9 Å². The monoisotopic (exact) mass is 244 g/mol. The maximum absolute atomic E-state index is 9.95. The minimum absolute atomic E-state index is 0. The van der Waals surface area contributed by atoms with Gasteiger partial charge in [0, 0.05) is 31.2 Å². The molecular weight excluding hydrogens is 228 g/mol. The quantitative estimate of drug-likeness (QED) is 0.728. The van der Waals surface area contributed by atoms with Gasteiger partial charge in [0.1, 0.15) is 0 Å². The Balaban J connectivity index is 0.00000128. The summed E-state index contributed by atoms with van der Waals surface area (Å²) in [5.74, 6) is 0.765. The molecule has 0 amide bonds. The standard InChI is InChI=1S/C11H16N2O2.ClH/c1-15-10-4-2-3-8(11(10)14)9-7-12-5-6-13-9;/h2-4,9,12-14H,5-7H2,1H3;1H/t9-;/m0./s1. The number of phenolic OH excluding ortho intramolecular Hbond substituents is 1. The van der Waals surface area contributed by atoms with Crippen LogP contribution in [0.5, 0.6) is 11.5 Å². The molecule has 2 rings (SSSR count). The first-order valence-electron chi connectivity index (χ1n) is 5.13. The fraction of sp³-hybridized carbons (Fsp3) is 0.455. The molecule has 1 heterocycles. The molecule has 1 saturated heterocycles. The van der Waals surface area contributed by atoms with E-state index < -0.39 is 0 Å². The molecule has 1 aliphatic rings. The first kappa shape index (κ1) is 13.1. The largest absolute Gasteiger partial charge is 0.504 e. The molecule has 1 aliphatic heterocycles. The van der Waals surface area contributed by atoms with Crippen molar-refractivity contribution in [2.24, 2.45) is 0 Å². The molecule has 1 aromatic rings. The molecule has 1 atom stereocenters. The van der Waals surface area contributed by atoms with Crippen LogP contribution in [-0.2, 0) is 0 Å². The van der Waals surface area contributed by atoms with Crippen molar-refractivity contribution in [2.75, 3.05) is 26.7 Å². The molecule has 0 aromatic heterocycles. The average molecular weight is 245 g/mol. The number of para-hydroxylation sites is 1. The zero-order valence-electron chi connectivity index (χ0n) is 9.19. The third-order valence-electron chi connectivity index (χ3n) is 2.67. The molecule has 0 spiro atoms. The Morgan fingerprint density at radius 3 is 2.81 bits per heavy atom. The summed E-state index contributed by atoms with van der Waals surface area (Å²) in [6, 6.07) is 5.73. The third-order valence-corrected chi connectivity index (χ3v) is 2.67. The zero-order chi connectivity index (χ0) is 10.7. The third kappa shape index (κ3) is 2.58. The number of ether oxygens (including phenoxy) is 1. The highest BCUT2D eigenvalue weighted by atomic mass is 35.5. The van der Waals surface area contributed by atoms with Crippen LogP contribution in [0.2, 0.25) is 0 Å². The summed E-state index contributed by atoms with van der Waals surface area (Å²) in [5.41, 5.74) is 0.890. The summed E-state index contributed by atoms with van der Waals surface area (Å²) < 4.78 is 5.08. The molecule has 0 unspecified atom stereocenters. The first-order valence-corrected chi connectivity index (χ1v) is 5.13. The fourth-order valence-corrected chi connectivity index (χ4v) is 1.86. The predicted molar refractivity (Wildman–Crippen MR) is 65.5 cm³/mol. The highest BCUT2D eigenvalue weighted by molar-refractivity contribution is 5.85. The van der Waals surface area contributed by atoms with Crippen LogP contribution in [0.1, 0.15) is 11.6 Å². The molecule has 1 fully saturated rings. The number of piperazine rings is 1. The summed E-state index contributed by atoms with van der Waals surface area (Å²) in [5, 5.41) is 16.6. The Morgan fingerprint density at radius 2 is 2.19 bits per heavy atom. The van der Waals surface area contributed by atoms with Crippen LogP contribution in [0.25, 0.3) is 0 Å². The van der Waals surface area contributed by atoms with Gasteiger partial charge in [0.15, 0.2) is 11.5 Å². The van der Waals surface area contributed by atoms with Gasteiger partial charge in [0.2, 0.25) is 0 Å². The lowest BCUT2D eigenvalue weighted by molar-refractivity contribution is 0.358. The molecule has 1 aromatic carbocycles. The topological polar surface area (TPSA) is 53.5 Å². The Bertz CT molecular complexity index is 341. The van der Waals surface area contributed by atoms with E-state index >= 15 is 0 Å². The second kappa shape index (κ2) is 5.94. The van der Waals surface area contributed by atoms with Gasteiger partial charge < -0.3 is 20.5 Å². The fourth-order valence-electron chi connectivity index (χ4n) is 1.86. The van der Waals surface area contributed by atoms with E-state index in [4.69, 9.17) is 4.74 Å². The first-order chi connectivity index (χ1) is 7.33. The maximum atomic E-state index is 9.95. The Morgan fingerprint density at radius 1 is 1.38 bits per heavy atom. The van der Waals surface area contributed by atoms with Crippen molar-refractivity contribution in [1.82, 2.24) is 10.6 Å². The summed E-state index contributed by atoms with van der Waals surface area (Å²) in [4.78, 5) is 0. The summed E-state index contributed by atoms with van der Waals surface area (Å²) in [7, 11) is 1.56. The van der Waals surface area contributed by atoms with Crippen molar-refractivity contribution in [3.8, 4) is 11.5 Å². The van der Waals surface area contributed by atoms with Crippen LogP contribution in [0, 0.1) is 0 Å². The molecule has 4 nitrogen and oxygen atoms in total. The van der Waals surface area contributed by atoms with Gasteiger partial charge in [0.05, 0.1) is 7.11 Å². The van der Waals surface area contributed by atoms with E-state index in [-0.39, 0.29) is 24.2 Å². The lowest BCUT2D eigenvalue weighted by Crippen LogP contribution is -2.42. The number of phenols is 1. The molecule has 16 heavy (non-hydrogen) atoms. The molecule has 0 saturated carbocycles. The molecule has 0 radical (unpaired) electrons. The summed E-state index contributed by atoms with van der Waals surface area (Å²) in [6.07, 6.45) is 0. The number of nitrogens with one attached hydrogen (secondary N) is 2. The Kier molecular flexibility index (Phi) is 4.86. The van der Waals surface area contributed by atoms with Gasteiger partial charge in [-0.05, 0) is 6.07 Å². The lowest BCUT2D eigenvalue weighted by atomic mass is 10.0. The van der Waals surface area contributed by atoms with Gasteiger partial charge in [-0.3, -0.25) is 0 Å². The second-order valence-electron chi connectivity index (χ2n) is 3.61. The number of rotatable bonds is 2. The van der Waals surface area contributed by atoms with Gasteiger partial charge in [-0.15, -0.1) is 12.4 Å². The smallest absolute Gasteiger partial charge is 0.162 e. The van der Waals surface area contributed by atoms with Crippen molar-refractivity contribution < 1.29 is 9.84 Å². The van der Waals surface area contributed by atoms with Crippen LogP contribution < -0.4 is 15.4 Å². The lowest BCUT2D eigenvalue weighted by Gasteiger charge is -2.25. The van der Waals surface area contributed by atoms with Gasteiger partial charge >= 0.3 is 0 Å². The van der Waals surface area contributed by atoms with E-state index in [2.05, 4.69) is 10.6 Å². The van der Waals surface area contributed by atoms with Crippen molar-refractivity contribution in [1.29, 1.82) is 0 Å². The average Bonchev–Trinajstić information content (AvgIpc) is 2.30. The molecule has 0 bridgehead atoms. The SMILES string of the molecule is COc1cccc([C@@H]2CNCCN2)c1O.Cl. The van der Waals surface area contributed by atoms with E-state index in [9.17, 15) is 5.11 Å². The number of halogens is 1. The van der Waals surface area contributed by atoms with Gasteiger partial charge in [-0.2, -0.15) is 0 Å². The summed E-state index contributed by atoms with van der Waals surface area (Å²) in [6.45, 7) is 2.73. The van der Waals surface area contributed by atoms with E-state index in [0.29, 0.717) is 5.75 Å². The van der Waals surface area contributed by atoms with Gasteiger partial charge in [-0.25, -0.2) is 0 Å². The van der Waals surface area contributed by atoms with Crippen LogP contribution in [0.4, 0.5) is 0 Å². The number of hydrogen-bond acceptors (Lipinski definition) is 4. The minimum Gasteiger partial charge on any atom is -0.504 e. The van der Waals surface area contributed by atoms with Crippen LogP contribution in [0.15, 0.2) is 18.2 Å². The normalized spacial score (nSPS) is 19.9. The van der Waals surface area contributed by atoms with Crippen molar-refractivity contribution in [2.45, 2.75) is 6.04 Å². The Hall–Kier alpha value is -0.970.